The number of nitrogen functional groups attached to an aromatic ring is 1. The minimum absolute atomic E-state index is 0.0508. The second-order valence-corrected chi connectivity index (χ2v) is 6.59. The van der Waals surface area contributed by atoms with Crippen LogP contribution in [0.2, 0.25) is 0 Å². The zero-order chi connectivity index (χ0) is 16.3. The maximum atomic E-state index is 12.5. The summed E-state index contributed by atoms with van der Waals surface area (Å²) in [7, 11) is 3.60. The van der Waals surface area contributed by atoms with Gasteiger partial charge in [-0.1, -0.05) is 36.0 Å². The van der Waals surface area contributed by atoms with Crippen molar-refractivity contribution in [2.75, 3.05) is 12.8 Å². The third kappa shape index (κ3) is 3.59. The molecule has 1 atom stereocenters. The zero-order valence-corrected chi connectivity index (χ0v) is 14.1. The Morgan fingerprint density at radius 1 is 1.41 bits per heavy atom. The molecule has 1 aromatic heterocycles. The van der Waals surface area contributed by atoms with Gasteiger partial charge >= 0.3 is 0 Å². The summed E-state index contributed by atoms with van der Waals surface area (Å²) in [6.07, 6.45) is 0. The standard InChI is InChI=1S/C15H21N5OS/c1-10-7-5-6-8-12(10)9-19(3)13(21)11(2)22-15-18-17-14(16)20(15)4/h5-8,11H,9H2,1-4H3,(H2,16,17)/t11-/m0/s1. The van der Waals surface area contributed by atoms with Gasteiger partial charge in [-0.05, 0) is 25.0 Å². The normalized spacial score (nSPS) is 12.2. The van der Waals surface area contributed by atoms with Crippen LogP contribution in [0.3, 0.4) is 0 Å². The van der Waals surface area contributed by atoms with E-state index in [1.807, 2.05) is 45.2 Å². The molecule has 1 heterocycles. The Kier molecular flexibility index (Phi) is 5.07. The van der Waals surface area contributed by atoms with E-state index in [-0.39, 0.29) is 11.2 Å². The quantitative estimate of drug-likeness (QED) is 0.851. The number of anilines is 1. The molecule has 0 aliphatic heterocycles. The van der Waals surface area contributed by atoms with E-state index >= 15 is 0 Å². The van der Waals surface area contributed by atoms with E-state index in [2.05, 4.69) is 10.2 Å². The lowest BCUT2D eigenvalue weighted by molar-refractivity contribution is -0.129. The van der Waals surface area contributed by atoms with Crippen molar-refractivity contribution in [3.05, 3.63) is 35.4 Å². The molecular formula is C15H21N5OS. The molecule has 0 aliphatic rings. The monoisotopic (exact) mass is 319 g/mol. The van der Waals surface area contributed by atoms with E-state index < -0.39 is 0 Å². The van der Waals surface area contributed by atoms with Crippen LogP contribution in [0, 0.1) is 6.92 Å². The van der Waals surface area contributed by atoms with E-state index in [1.165, 1.54) is 17.3 Å². The highest BCUT2D eigenvalue weighted by atomic mass is 32.2. The summed E-state index contributed by atoms with van der Waals surface area (Å²) in [4.78, 5) is 14.2. The molecule has 0 saturated heterocycles. The van der Waals surface area contributed by atoms with Gasteiger partial charge in [0.2, 0.25) is 11.9 Å². The van der Waals surface area contributed by atoms with Gasteiger partial charge in [0.25, 0.3) is 0 Å². The first-order valence-electron chi connectivity index (χ1n) is 7.01. The van der Waals surface area contributed by atoms with E-state index in [0.29, 0.717) is 17.6 Å². The number of amides is 1. The van der Waals surface area contributed by atoms with Crippen molar-refractivity contribution in [2.45, 2.75) is 30.8 Å². The molecular weight excluding hydrogens is 298 g/mol. The topological polar surface area (TPSA) is 77.0 Å². The first-order valence-corrected chi connectivity index (χ1v) is 7.89. The van der Waals surface area contributed by atoms with Gasteiger partial charge in [0.15, 0.2) is 5.16 Å². The number of nitrogens with zero attached hydrogens (tertiary/aromatic N) is 4. The lowest BCUT2D eigenvalue weighted by atomic mass is 10.1. The molecule has 1 amide bonds. The maximum Gasteiger partial charge on any atom is 0.235 e. The van der Waals surface area contributed by atoms with Gasteiger partial charge in [-0.15, -0.1) is 10.2 Å². The number of aryl methyl sites for hydroxylation is 1. The summed E-state index contributed by atoms with van der Waals surface area (Å²) >= 11 is 1.36. The van der Waals surface area contributed by atoms with Crippen LogP contribution in [0.15, 0.2) is 29.4 Å². The molecule has 118 valence electrons. The zero-order valence-electron chi connectivity index (χ0n) is 13.3. The van der Waals surface area contributed by atoms with Gasteiger partial charge in [0.05, 0.1) is 5.25 Å². The molecule has 2 rings (SSSR count). The number of aromatic nitrogens is 3. The van der Waals surface area contributed by atoms with Crippen LogP contribution >= 0.6 is 11.8 Å². The van der Waals surface area contributed by atoms with Gasteiger partial charge in [0.1, 0.15) is 0 Å². The average Bonchev–Trinajstić information content (AvgIpc) is 2.80. The fraction of sp³-hybridized carbons (Fsp3) is 0.400. The summed E-state index contributed by atoms with van der Waals surface area (Å²) in [5.74, 6) is 0.394. The first-order chi connectivity index (χ1) is 10.4. The molecule has 0 saturated carbocycles. The molecule has 0 aliphatic carbocycles. The number of thioether (sulfide) groups is 1. The Morgan fingerprint density at radius 2 is 2.09 bits per heavy atom. The molecule has 6 nitrogen and oxygen atoms in total. The molecule has 1 aromatic carbocycles. The van der Waals surface area contributed by atoms with Gasteiger partial charge < -0.3 is 10.6 Å². The van der Waals surface area contributed by atoms with Gasteiger partial charge in [-0.25, -0.2) is 0 Å². The highest BCUT2D eigenvalue weighted by Crippen LogP contribution is 2.23. The van der Waals surface area contributed by atoms with Crippen LogP contribution in [-0.2, 0) is 18.4 Å². The van der Waals surface area contributed by atoms with Crippen molar-refractivity contribution in [1.82, 2.24) is 19.7 Å². The molecule has 0 bridgehead atoms. The molecule has 2 aromatic rings. The van der Waals surface area contributed by atoms with Crippen LogP contribution in [0.25, 0.3) is 0 Å². The Balaban J connectivity index is 2.01. The second kappa shape index (κ2) is 6.83. The summed E-state index contributed by atoms with van der Waals surface area (Å²) in [6, 6.07) is 8.08. The SMILES string of the molecule is Cc1ccccc1CN(C)C(=O)[C@H](C)Sc1nnc(N)n1C. The van der Waals surface area contributed by atoms with Crippen molar-refractivity contribution in [1.29, 1.82) is 0 Å². The van der Waals surface area contributed by atoms with Gasteiger partial charge in [-0.3, -0.25) is 9.36 Å². The number of rotatable bonds is 5. The third-order valence-electron chi connectivity index (χ3n) is 3.54. The van der Waals surface area contributed by atoms with Crippen molar-refractivity contribution >= 4 is 23.6 Å². The summed E-state index contributed by atoms with van der Waals surface area (Å²) in [5.41, 5.74) is 7.99. The number of hydrogen-bond acceptors (Lipinski definition) is 5. The fourth-order valence-electron chi connectivity index (χ4n) is 2.07. The predicted octanol–water partition coefficient (Wildman–Crippen LogP) is 1.84. The first kappa shape index (κ1) is 16.4. The van der Waals surface area contributed by atoms with Crippen LogP contribution in [0.4, 0.5) is 5.95 Å². The van der Waals surface area contributed by atoms with Crippen LogP contribution in [0.5, 0.6) is 0 Å². The molecule has 22 heavy (non-hydrogen) atoms. The van der Waals surface area contributed by atoms with Gasteiger partial charge in [0, 0.05) is 20.6 Å². The molecule has 0 spiro atoms. The van der Waals surface area contributed by atoms with Crippen LogP contribution in [0.1, 0.15) is 18.1 Å². The van der Waals surface area contributed by atoms with Gasteiger partial charge in [-0.2, -0.15) is 0 Å². The summed E-state index contributed by atoms with van der Waals surface area (Å²) in [6.45, 7) is 4.51. The van der Waals surface area contributed by atoms with Crippen LogP contribution < -0.4 is 5.73 Å². The Hall–Kier alpha value is -2.02. The fourth-order valence-corrected chi connectivity index (χ4v) is 3.01. The number of hydrogen-bond donors (Lipinski definition) is 1. The second-order valence-electron chi connectivity index (χ2n) is 5.28. The summed E-state index contributed by atoms with van der Waals surface area (Å²) in [5, 5.41) is 8.16. The number of benzene rings is 1. The lowest BCUT2D eigenvalue weighted by Crippen LogP contribution is -2.33. The Bertz CT molecular complexity index is 670. The Labute approximate surface area is 134 Å². The molecule has 7 heteroatoms. The highest BCUT2D eigenvalue weighted by Gasteiger charge is 2.21. The third-order valence-corrected chi connectivity index (χ3v) is 4.67. The smallest absolute Gasteiger partial charge is 0.235 e. The van der Waals surface area contributed by atoms with Crippen molar-refractivity contribution in [2.24, 2.45) is 7.05 Å². The van der Waals surface area contributed by atoms with Crippen LogP contribution in [-0.4, -0.2) is 37.9 Å². The largest absolute Gasteiger partial charge is 0.368 e. The van der Waals surface area contributed by atoms with Crippen molar-refractivity contribution in [3.63, 3.8) is 0 Å². The predicted molar refractivity (Wildman–Crippen MR) is 88.4 cm³/mol. The lowest BCUT2D eigenvalue weighted by Gasteiger charge is -2.21. The van der Waals surface area contributed by atoms with E-state index in [4.69, 9.17) is 5.73 Å². The molecule has 0 unspecified atom stereocenters. The van der Waals surface area contributed by atoms with E-state index in [0.717, 1.165) is 5.56 Å². The average molecular weight is 319 g/mol. The maximum absolute atomic E-state index is 12.5. The minimum atomic E-state index is -0.253. The number of carbonyl (C=O) groups excluding carboxylic acids is 1. The Morgan fingerprint density at radius 3 is 2.68 bits per heavy atom. The van der Waals surface area contributed by atoms with Crippen molar-refractivity contribution in [3.8, 4) is 0 Å². The highest BCUT2D eigenvalue weighted by molar-refractivity contribution is 8.00. The molecule has 2 N–H and O–H groups in total. The summed E-state index contributed by atoms with van der Waals surface area (Å²) < 4.78 is 1.68. The number of carbonyl (C=O) groups is 1. The minimum Gasteiger partial charge on any atom is -0.368 e. The van der Waals surface area contributed by atoms with E-state index in [9.17, 15) is 4.79 Å². The molecule has 0 fully saturated rings. The number of nitrogens with two attached hydrogens (primary N) is 1. The van der Waals surface area contributed by atoms with Crippen molar-refractivity contribution < 1.29 is 4.79 Å². The van der Waals surface area contributed by atoms with E-state index in [1.54, 1.807) is 16.5 Å². The molecule has 0 radical (unpaired) electrons.